The Labute approximate surface area is 665 Å². The Balaban J connectivity index is 0.000000629. The molecule has 0 bridgehead atoms. The number of carboxylic acid groups (broad SMARTS) is 1. The molecule has 0 saturated carbocycles. The van der Waals surface area contributed by atoms with Gasteiger partial charge in [0.1, 0.15) is 19.8 Å². The summed E-state index contributed by atoms with van der Waals surface area (Å²) in [5.41, 5.74) is 6.68. The van der Waals surface area contributed by atoms with Gasteiger partial charge in [0.15, 0.2) is 0 Å². The average Bonchev–Trinajstić information content (AvgIpc) is 0.832. The maximum Gasteiger partial charge on any atom is 0.309 e. The molecule has 0 heterocycles. The lowest BCUT2D eigenvalue weighted by Crippen LogP contribution is -2.44. The molecule has 4 aromatic rings. The molecule has 0 aliphatic heterocycles. The molecule has 0 unspecified atom stereocenters. The first-order valence-corrected chi connectivity index (χ1v) is 39.8. The highest BCUT2D eigenvalue weighted by molar-refractivity contribution is 5.79. The number of nitrogens with zero attached hydrogens (tertiary/aromatic N) is 4. The summed E-state index contributed by atoms with van der Waals surface area (Å²) in [6, 6.07) is 34.4. The van der Waals surface area contributed by atoms with Gasteiger partial charge in [-0.2, -0.15) is 10.5 Å². The van der Waals surface area contributed by atoms with E-state index in [4.69, 9.17) is 24.4 Å². The molecule has 4 aromatic carbocycles. The maximum absolute atomic E-state index is 13.5. The number of aliphatic hydroxyl groups is 1. The Morgan fingerprint density at radius 1 is 0.396 bits per heavy atom. The zero-order chi connectivity index (χ0) is 81.2. The van der Waals surface area contributed by atoms with Crippen molar-refractivity contribution >= 4 is 35.7 Å². The number of aliphatic hydroxyl groups excluding tert-OH is 1. The first-order chi connectivity index (χ1) is 54.0. The van der Waals surface area contributed by atoms with E-state index in [1.165, 1.54) is 0 Å². The summed E-state index contributed by atoms with van der Waals surface area (Å²) < 4.78 is 15.8. The van der Waals surface area contributed by atoms with E-state index in [1.54, 1.807) is 34.1 Å². The number of rotatable bonds is 51. The van der Waals surface area contributed by atoms with Crippen LogP contribution in [-0.2, 0) is 56.1 Å². The Kier molecular flexibility index (Phi) is 56.0. The number of carbonyl (C=O) groups excluding carboxylic acids is 5. The number of ether oxygens (including phenoxy) is 3. The SMILES string of the molecule is CC/C=C\C/C=C\C/C=C\C/C=C\C/C=C\C/C=C\CC(=O)O.CC/C=C\C/C=C\C/C=C\C/C=C\C/C=C\C/C=C\CC(=O)OCCOC(=O)C[C@H](C(C)C)N(Cc1ccc(-c2ccccc2C#N)cc1)C(=O)CCCC.CCCCC(=O)N(Cc1ccc(-c2ccccc2C#N)cc1)[C@H](CC(=O)OCCO)C(C)C. The molecular weight excluding hydrogens is 1390 g/mol. The van der Waals surface area contributed by atoms with Crippen molar-refractivity contribution in [3.8, 4) is 34.4 Å². The van der Waals surface area contributed by atoms with Gasteiger partial charge in [-0.05, 0) is 147 Å². The van der Waals surface area contributed by atoms with E-state index in [2.05, 4.69) is 148 Å². The van der Waals surface area contributed by atoms with Crippen LogP contribution in [0.5, 0.6) is 0 Å². The first-order valence-electron chi connectivity index (χ1n) is 39.8. The van der Waals surface area contributed by atoms with Crippen LogP contribution in [0.4, 0.5) is 0 Å². The Hall–Kier alpha value is -10.5. The monoisotopic (exact) mass is 1510 g/mol. The second-order valence-electron chi connectivity index (χ2n) is 27.0. The second kappa shape index (κ2) is 64.3. The third-order valence-corrected chi connectivity index (χ3v) is 17.3. The minimum atomic E-state index is -0.787. The molecule has 0 aliphatic carbocycles. The predicted molar refractivity (Wildman–Crippen MR) is 453 cm³/mol. The van der Waals surface area contributed by atoms with Crippen LogP contribution in [0.3, 0.4) is 0 Å². The second-order valence-corrected chi connectivity index (χ2v) is 27.0. The fourth-order valence-corrected chi connectivity index (χ4v) is 11.2. The van der Waals surface area contributed by atoms with Crippen LogP contribution in [0.15, 0.2) is 243 Å². The van der Waals surface area contributed by atoms with Crippen LogP contribution < -0.4 is 0 Å². The van der Waals surface area contributed by atoms with E-state index in [-0.39, 0.29) is 93.8 Å². The summed E-state index contributed by atoms with van der Waals surface area (Å²) in [7, 11) is 0. The summed E-state index contributed by atoms with van der Waals surface area (Å²) in [5.74, 6) is -1.96. The molecule has 2 amide bonds. The first kappa shape index (κ1) is 96.6. The third-order valence-electron chi connectivity index (χ3n) is 17.3. The van der Waals surface area contributed by atoms with Gasteiger partial charge in [-0.15, -0.1) is 0 Å². The number of hydrogen-bond acceptors (Lipinski definition) is 12. The number of esters is 3. The van der Waals surface area contributed by atoms with E-state index in [9.17, 15) is 39.3 Å². The Morgan fingerprint density at radius 2 is 0.694 bits per heavy atom. The molecular formula is C96H126N4O11. The Morgan fingerprint density at radius 3 is 0.991 bits per heavy atom. The van der Waals surface area contributed by atoms with Gasteiger partial charge in [0.05, 0.1) is 55.6 Å². The number of unbranched alkanes of at least 4 members (excludes halogenated alkanes) is 2. The number of aliphatic carboxylic acids is 1. The van der Waals surface area contributed by atoms with Gasteiger partial charge in [0.2, 0.25) is 11.8 Å². The normalized spacial score (nSPS) is 12.4. The number of hydrogen-bond donors (Lipinski definition) is 2. The molecule has 0 spiro atoms. The molecule has 15 nitrogen and oxygen atoms in total. The van der Waals surface area contributed by atoms with Crippen LogP contribution in [0, 0.1) is 34.5 Å². The van der Waals surface area contributed by atoms with E-state index in [0.29, 0.717) is 37.1 Å². The average molecular weight is 1510 g/mol. The van der Waals surface area contributed by atoms with Crippen molar-refractivity contribution in [2.45, 2.75) is 222 Å². The van der Waals surface area contributed by atoms with Crippen LogP contribution in [0.2, 0.25) is 0 Å². The van der Waals surface area contributed by atoms with Gasteiger partial charge < -0.3 is 34.2 Å². The number of allylic oxidation sites excluding steroid dienone is 22. The molecule has 2 atom stereocenters. The molecule has 0 radical (unpaired) electrons. The van der Waals surface area contributed by atoms with E-state index in [0.717, 1.165) is 136 Å². The fourth-order valence-electron chi connectivity index (χ4n) is 11.2. The standard InChI is InChI=1S/C48H62N2O5.C27H34N2O4.C21H30O2/c1-5-7-9-10-11-12-13-14-15-16-17-18-19-20-21-22-23-24-30-47(52)54-35-36-55-48(53)37-45(40(3)4)50(46(51)29-8-6-2)39-41-31-33-42(34-32-41)44-28-26-25-27-43(44)38-49;1-4-5-10-26(31)29(25(20(2)3)17-27(32)33-16-15-30)19-21-11-13-22(14-12-21)24-9-7-6-8-23(24)18-28;1-2-3-4-5-6-7-8-9-10-11-12-13-14-15-16-17-18-19-20-21(22)23/h7,9,11-12,14-15,17-18,20-21,23-28,31-34,40,45H,5-6,8,10,13,16,19,22,29-30,35-37,39H2,1-4H3;6-9,11-14,20,25,30H,4-5,10,15-17,19H2,1-3H3;3-4,6-7,9-10,12-13,15-16,18-19H,2,5,8,11,14,17,20H2,1H3,(H,22,23)/b9-7-,12-11-,15-14-,18-17-,21-20-,24-23-;;4-3-,7-6-,10-9-,13-12-,16-15-,19-18-/t45-;25-;/m11./s1. The van der Waals surface area contributed by atoms with Gasteiger partial charge in [0, 0.05) is 38.0 Å². The molecule has 596 valence electrons. The molecule has 2 N–H and O–H groups in total. The van der Waals surface area contributed by atoms with Crippen molar-refractivity contribution in [3.05, 3.63) is 265 Å². The number of amides is 2. The van der Waals surface area contributed by atoms with Gasteiger partial charge in [-0.3, -0.25) is 28.8 Å². The van der Waals surface area contributed by atoms with Crippen molar-refractivity contribution in [3.63, 3.8) is 0 Å². The smallest absolute Gasteiger partial charge is 0.309 e. The number of carboxylic acids is 1. The zero-order valence-electron chi connectivity index (χ0n) is 67.6. The summed E-state index contributed by atoms with van der Waals surface area (Å²) in [5, 5.41) is 36.3. The molecule has 0 fully saturated rings. The van der Waals surface area contributed by atoms with Gasteiger partial charge >= 0.3 is 23.9 Å². The van der Waals surface area contributed by atoms with Crippen LogP contribution in [0.25, 0.3) is 22.3 Å². The topological polar surface area (TPSA) is 225 Å². The van der Waals surface area contributed by atoms with E-state index >= 15 is 0 Å². The van der Waals surface area contributed by atoms with Gasteiger partial charge in [0.25, 0.3) is 0 Å². The highest BCUT2D eigenvalue weighted by atomic mass is 16.6. The molecule has 0 saturated heterocycles. The lowest BCUT2D eigenvalue weighted by atomic mass is 9.96. The molecule has 111 heavy (non-hydrogen) atoms. The highest BCUT2D eigenvalue weighted by Crippen LogP contribution is 2.28. The van der Waals surface area contributed by atoms with E-state index < -0.39 is 17.9 Å². The number of nitriles is 2. The number of benzene rings is 4. The third kappa shape index (κ3) is 46.6. The van der Waals surface area contributed by atoms with Crippen molar-refractivity contribution in [2.24, 2.45) is 11.8 Å². The largest absolute Gasteiger partial charge is 0.481 e. The minimum Gasteiger partial charge on any atom is -0.481 e. The van der Waals surface area contributed by atoms with Crippen molar-refractivity contribution in [2.75, 3.05) is 26.4 Å². The summed E-state index contributed by atoms with van der Waals surface area (Å²) in [6.45, 7) is 16.8. The summed E-state index contributed by atoms with van der Waals surface area (Å²) in [4.78, 5) is 77.9. The van der Waals surface area contributed by atoms with Crippen LogP contribution >= 0.6 is 0 Å². The maximum atomic E-state index is 13.5. The van der Waals surface area contributed by atoms with Crippen molar-refractivity contribution < 1.29 is 53.2 Å². The van der Waals surface area contributed by atoms with Crippen molar-refractivity contribution in [1.82, 2.24) is 9.80 Å². The fraction of sp³-hybridized carbons (Fsp3) is 0.417. The zero-order valence-corrected chi connectivity index (χ0v) is 67.6. The summed E-state index contributed by atoms with van der Waals surface area (Å²) in [6.07, 6.45) is 66.4. The lowest BCUT2D eigenvalue weighted by molar-refractivity contribution is -0.153. The van der Waals surface area contributed by atoms with Crippen molar-refractivity contribution in [1.29, 1.82) is 10.5 Å². The quantitative estimate of drug-likeness (QED) is 0.0182. The molecule has 15 heteroatoms. The molecule has 0 aromatic heterocycles. The Bertz CT molecular complexity index is 3750. The van der Waals surface area contributed by atoms with Gasteiger partial charge in [-0.25, -0.2) is 0 Å². The predicted octanol–water partition coefficient (Wildman–Crippen LogP) is 22.2. The summed E-state index contributed by atoms with van der Waals surface area (Å²) >= 11 is 0. The van der Waals surface area contributed by atoms with Crippen LogP contribution in [0.1, 0.15) is 219 Å². The van der Waals surface area contributed by atoms with Crippen LogP contribution in [-0.4, -0.2) is 94.2 Å². The number of carbonyl (C=O) groups is 6. The molecule has 4 rings (SSSR count). The van der Waals surface area contributed by atoms with E-state index in [1.807, 2.05) is 139 Å². The lowest BCUT2D eigenvalue weighted by Gasteiger charge is -2.34. The van der Waals surface area contributed by atoms with Gasteiger partial charge in [-0.1, -0.05) is 299 Å². The molecule has 0 aliphatic rings. The highest BCUT2D eigenvalue weighted by Gasteiger charge is 2.31. The minimum absolute atomic E-state index is 0.000807.